The summed E-state index contributed by atoms with van der Waals surface area (Å²) in [5.74, 6) is 2.32. The van der Waals surface area contributed by atoms with Gasteiger partial charge in [0, 0.05) is 12.8 Å². The molecule has 1 aromatic rings. The van der Waals surface area contributed by atoms with Crippen LogP contribution in [0, 0.1) is 0 Å². The number of methoxy groups -OCH3 is 1. The summed E-state index contributed by atoms with van der Waals surface area (Å²) in [6.07, 6.45) is 1.11. The molecular formula is C9H16N2O2S. The molecule has 1 N–H and O–H groups in total. The van der Waals surface area contributed by atoms with E-state index in [0.29, 0.717) is 11.5 Å². The van der Waals surface area contributed by atoms with Crippen LogP contribution < -0.4 is 4.74 Å². The summed E-state index contributed by atoms with van der Waals surface area (Å²) in [6.45, 7) is 2.07. The molecule has 0 amide bonds. The fourth-order valence-corrected chi connectivity index (χ4v) is 1.89. The lowest BCUT2D eigenvalue weighted by atomic mass is 10.2. The van der Waals surface area contributed by atoms with Crippen molar-refractivity contribution in [3.8, 4) is 5.75 Å². The summed E-state index contributed by atoms with van der Waals surface area (Å²) in [5.41, 5.74) is 0.744. The van der Waals surface area contributed by atoms with E-state index >= 15 is 0 Å². The van der Waals surface area contributed by atoms with Gasteiger partial charge in [-0.15, -0.1) is 0 Å². The first kappa shape index (κ1) is 11.4. The van der Waals surface area contributed by atoms with Gasteiger partial charge in [-0.25, -0.2) is 0 Å². The molecule has 0 fully saturated rings. The van der Waals surface area contributed by atoms with Crippen LogP contribution in [0.1, 0.15) is 18.7 Å². The molecule has 1 unspecified atom stereocenters. The largest absolute Gasteiger partial charge is 0.493 e. The van der Waals surface area contributed by atoms with Crippen LogP contribution in [-0.2, 0) is 7.05 Å². The Morgan fingerprint density at radius 2 is 2.43 bits per heavy atom. The molecule has 1 aromatic heterocycles. The summed E-state index contributed by atoms with van der Waals surface area (Å²) in [5, 5.41) is 13.9. The Bertz CT molecular complexity index is 288. The molecule has 0 saturated carbocycles. The third kappa shape index (κ3) is 2.42. The average molecular weight is 216 g/mol. The number of aliphatic hydroxyl groups excluding tert-OH is 1. The minimum absolute atomic E-state index is 0.512. The lowest BCUT2D eigenvalue weighted by Gasteiger charge is -2.11. The van der Waals surface area contributed by atoms with Crippen molar-refractivity contribution in [3.63, 3.8) is 0 Å². The second-order valence-electron chi connectivity index (χ2n) is 2.90. The first-order chi connectivity index (χ1) is 6.70. The molecule has 0 aliphatic carbocycles. The standard InChI is InChI=1S/C9H16N2O2S/c1-4-14-6-7(12)9-8(13-3)5-10-11(9)2/h5,7,12H,4,6H2,1-3H3. The smallest absolute Gasteiger partial charge is 0.162 e. The van der Waals surface area contributed by atoms with Crippen molar-refractivity contribution < 1.29 is 9.84 Å². The lowest BCUT2D eigenvalue weighted by molar-refractivity contribution is 0.189. The topological polar surface area (TPSA) is 47.3 Å². The molecule has 0 bridgehead atoms. The van der Waals surface area contributed by atoms with Crippen LogP contribution in [0.5, 0.6) is 5.75 Å². The van der Waals surface area contributed by atoms with Gasteiger partial charge in [0.1, 0.15) is 11.8 Å². The van der Waals surface area contributed by atoms with E-state index in [4.69, 9.17) is 4.74 Å². The molecule has 14 heavy (non-hydrogen) atoms. The Kier molecular flexibility index (Phi) is 4.28. The number of hydrogen-bond donors (Lipinski definition) is 1. The van der Waals surface area contributed by atoms with E-state index < -0.39 is 6.10 Å². The summed E-state index contributed by atoms with van der Waals surface area (Å²) >= 11 is 1.70. The van der Waals surface area contributed by atoms with Crippen LogP contribution in [0.25, 0.3) is 0 Å². The second kappa shape index (κ2) is 5.26. The molecule has 0 saturated heterocycles. The molecule has 1 heterocycles. The van der Waals surface area contributed by atoms with E-state index in [9.17, 15) is 5.11 Å². The van der Waals surface area contributed by atoms with Crippen molar-refractivity contribution in [3.05, 3.63) is 11.9 Å². The highest BCUT2D eigenvalue weighted by molar-refractivity contribution is 7.99. The Balaban J connectivity index is 2.76. The fraction of sp³-hybridized carbons (Fsp3) is 0.667. The van der Waals surface area contributed by atoms with E-state index in [1.165, 1.54) is 0 Å². The van der Waals surface area contributed by atoms with E-state index in [-0.39, 0.29) is 0 Å². The maximum Gasteiger partial charge on any atom is 0.162 e. The fourth-order valence-electron chi connectivity index (χ4n) is 1.27. The summed E-state index contributed by atoms with van der Waals surface area (Å²) in [7, 11) is 3.39. The van der Waals surface area contributed by atoms with Gasteiger partial charge in [0.15, 0.2) is 5.75 Å². The molecule has 0 aromatic carbocycles. The second-order valence-corrected chi connectivity index (χ2v) is 4.22. The Labute approximate surface area is 88.3 Å². The maximum absolute atomic E-state index is 9.87. The Morgan fingerprint density at radius 3 is 3.00 bits per heavy atom. The van der Waals surface area contributed by atoms with Crippen LogP contribution >= 0.6 is 11.8 Å². The van der Waals surface area contributed by atoms with Gasteiger partial charge in [0.05, 0.1) is 13.3 Å². The molecule has 80 valence electrons. The number of nitrogens with zero attached hydrogens (tertiary/aromatic N) is 2. The number of rotatable bonds is 5. The van der Waals surface area contributed by atoms with E-state index in [1.54, 1.807) is 36.8 Å². The predicted molar refractivity (Wildman–Crippen MR) is 57.7 cm³/mol. The minimum Gasteiger partial charge on any atom is -0.493 e. The first-order valence-electron chi connectivity index (χ1n) is 4.52. The zero-order valence-corrected chi connectivity index (χ0v) is 9.54. The Morgan fingerprint density at radius 1 is 1.71 bits per heavy atom. The van der Waals surface area contributed by atoms with Crippen molar-refractivity contribution in [2.24, 2.45) is 7.05 Å². The normalized spacial score (nSPS) is 12.9. The highest BCUT2D eigenvalue weighted by Gasteiger charge is 2.17. The van der Waals surface area contributed by atoms with Gasteiger partial charge < -0.3 is 9.84 Å². The number of aryl methyl sites for hydroxylation is 1. The third-order valence-corrected chi connectivity index (χ3v) is 2.92. The van der Waals surface area contributed by atoms with Crippen molar-refractivity contribution in [2.45, 2.75) is 13.0 Å². The van der Waals surface area contributed by atoms with Gasteiger partial charge in [-0.05, 0) is 5.75 Å². The van der Waals surface area contributed by atoms with Crippen LogP contribution in [0.4, 0.5) is 0 Å². The number of aliphatic hydroxyl groups is 1. The van der Waals surface area contributed by atoms with Crippen molar-refractivity contribution >= 4 is 11.8 Å². The van der Waals surface area contributed by atoms with E-state index in [1.807, 2.05) is 0 Å². The summed E-state index contributed by atoms with van der Waals surface area (Å²) in [6, 6.07) is 0. The number of aromatic nitrogens is 2. The third-order valence-electron chi connectivity index (χ3n) is 1.96. The monoisotopic (exact) mass is 216 g/mol. The summed E-state index contributed by atoms with van der Waals surface area (Å²) in [4.78, 5) is 0. The molecule has 0 aliphatic rings. The molecule has 1 atom stereocenters. The highest BCUT2D eigenvalue weighted by atomic mass is 32.2. The van der Waals surface area contributed by atoms with Crippen LogP contribution in [0.15, 0.2) is 6.20 Å². The SMILES string of the molecule is CCSCC(O)c1c(OC)cnn1C. The van der Waals surface area contributed by atoms with Crippen LogP contribution in [0.2, 0.25) is 0 Å². The van der Waals surface area contributed by atoms with Crippen LogP contribution in [0.3, 0.4) is 0 Å². The van der Waals surface area contributed by atoms with Crippen molar-refractivity contribution in [1.29, 1.82) is 0 Å². The molecule has 0 radical (unpaired) electrons. The van der Waals surface area contributed by atoms with E-state index in [0.717, 1.165) is 11.4 Å². The lowest BCUT2D eigenvalue weighted by Crippen LogP contribution is -2.09. The first-order valence-corrected chi connectivity index (χ1v) is 5.67. The van der Waals surface area contributed by atoms with Gasteiger partial charge in [0.25, 0.3) is 0 Å². The molecular weight excluding hydrogens is 200 g/mol. The molecule has 4 nitrogen and oxygen atoms in total. The highest BCUT2D eigenvalue weighted by Crippen LogP contribution is 2.26. The number of thioether (sulfide) groups is 1. The van der Waals surface area contributed by atoms with Crippen LogP contribution in [-0.4, -0.2) is 33.5 Å². The Hall–Kier alpha value is -0.680. The van der Waals surface area contributed by atoms with Crippen molar-refractivity contribution in [2.75, 3.05) is 18.6 Å². The zero-order chi connectivity index (χ0) is 10.6. The number of hydrogen-bond acceptors (Lipinski definition) is 4. The molecule has 5 heteroatoms. The van der Waals surface area contributed by atoms with Crippen molar-refractivity contribution in [1.82, 2.24) is 9.78 Å². The molecule has 1 rings (SSSR count). The van der Waals surface area contributed by atoms with Gasteiger partial charge in [-0.3, -0.25) is 4.68 Å². The maximum atomic E-state index is 9.87. The van der Waals surface area contributed by atoms with Gasteiger partial charge in [0.2, 0.25) is 0 Å². The molecule has 0 aliphatic heterocycles. The van der Waals surface area contributed by atoms with Gasteiger partial charge >= 0.3 is 0 Å². The zero-order valence-electron chi connectivity index (χ0n) is 8.73. The quantitative estimate of drug-likeness (QED) is 0.804. The molecule has 0 spiro atoms. The summed E-state index contributed by atoms with van der Waals surface area (Å²) < 4.78 is 6.77. The predicted octanol–water partition coefficient (Wildman–Crippen LogP) is 1.22. The minimum atomic E-state index is -0.512. The van der Waals surface area contributed by atoms with E-state index in [2.05, 4.69) is 12.0 Å². The number of ether oxygens (including phenoxy) is 1. The van der Waals surface area contributed by atoms with Gasteiger partial charge in [-0.1, -0.05) is 6.92 Å². The average Bonchev–Trinajstić information content (AvgIpc) is 2.56. The van der Waals surface area contributed by atoms with Gasteiger partial charge in [-0.2, -0.15) is 16.9 Å².